The Hall–Kier alpha value is -3.50. The first-order valence-corrected chi connectivity index (χ1v) is 13.2. The van der Waals surface area contributed by atoms with Crippen LogP contribution in [0.3, 0.4) is 0 Å². The van der Waals surface area contributed by atoms with Crippen molar-refractivity contribution in [2.75, 3.05) is 57.1 Å². The molecule has 3 amide bonds. The van der Waals surface area contributed by atoms with Gasteiger partial charge in [-0.25, -0.2) is 4.39 Å². The van der Waals surface area contributed by atoms with Crippen molar-refractivity contribution in [2.45, 2.75) is 39.0 Å². The van der Waals surface area contributed by atoms with E-state index in [2.05, 4.69) is 20.5 Å². The molecular formula is C28H34FN5O4. The second kappa shape index (κ2) is 11.1. The Morgan fingerprint density at radius 1 is 1.16 bits per heavy atom. The van der Waals surface area contributed by atoms with Crippen LogP contribution in [0.15, 0.2) is 12.1 Å². The number of aryl methyl sites for hydroxylation is 1. The number of aromatic amines is 1. The summed E-state index contributed by atoms with van der Waals surface area (Å²) in [7, 11) is 1.38. The van der Waals surface area contributed by atoms with Crippen LogP contribution in [0.1, 0.15) is 47.3 Å². The lowest BCUT2D eigenvalue weighted by atomic mass is 9.99. The van der Waals surface area contributed by atoms with Crippen molar-refractivity contribution < 1.29 is 23.5 Å². The molecule has 0 spiro atoms. The third kappa shape index (κ3) is 5.37. The molecule has 1 saturated heterocycles. The molecule has 1 fully saturated rings. The number of nitrogens with one attached hydrogen (secondary N) is 3. The lowest BCUT2D eigenvalue weighted by molar-refractivity contribution is -0.131. The van der Waals surface area contributed by atoms with Gasteiger partial charge in [0.2, 0.25) is 11.8 Å². The standard InChI is InChI=1S/C28H34FN5O4/c1-17-18-14-27(36)34(11-10-33-7-3-4-8-33)9-5-6-22(18)30-23(17)13-20-19-12-21(29)25(31-26(35)16-38-2)15-24(19)32-28(20)37/h12-13,15,30H,3-11,14,16H2,1-2H3,(H,31,35)(H,32,37)/b20-13-. The number of anilines is 2. The Morgan fingerprint density at radius 2 is 1.95 bits per heavy atom. The zero-order valence-electron chi connectivity index (χ0n) is 21.9. The number of halogens is 1. The average molecular weight is 524 g/mol. The summed E-state index contributed by atoms with van der Waals surface area (Å²) in [4.78, 5) is 45.7. The fourth-order valence-electron chi connectivity index (χ4n) is 5.57. The van der Waals surface area contributed by atoms with E-state index in [-0.39, 0.29) is 24.1 Å². The first-order chi connectivity index (χ1) is 18.3. The van der Waals surface area contributed by atoms with Gasteiger partial charge in [-0.05, 0) is 75.0 Å². The summed E-state index contributed by atoms with van der Waals surface area (Å²) in [5.41, 5.74) is 4.79. The largest absolute Gasteiger partial charge is 0.375 e. The summed E-state index contributed by atoms with van der Waals surface area (Å²) < 4.78 is 19.6. The van der Waals surface area contributed by atoms with Crippen LogP contribution in [0.4, 0.5) is 15.8 Å². The summed E-state index contributed by atoms with van der Waals surface area (Å²) in [5.74, 6) is -1.37. The molecule has 0 aliphatic carbocycles. The number of nitrogens with zero attached hydrogens (tertiary/aromatic N) is 2. The lowest BCUT2D eigenvalue weighted by Crippen LogP contribution is -2.40. The van der Waals surface area contributed by atoms with Gasteiger partial charge in [0.05, 0.1) is 23.4 Å². The predicted molar refractivity (Wildman–Crippen MR) is 143 cm³/mol. The van der Waals surface area contributed by atoms with Crippen molar-refractivity contribution in [3.05, 3.63) is 46.0 Å². The van der Waals surface area contributed by atoms with E-state index < -0.39 is 11.7 Å². The number of methoxy groups -OCH3 is 1. The monoisotopic (exact) mass is 523 g/mol. The highest BCUT2D eigenvalue weighted by atomic mass is 19.1. The molecule has 3 aliphatic rings. The maximum Gasteiger partial charge on any atom is 0.256 e. The molecule has 3 aliphatic heterocycles. The van der Waals surface area contributed by atoms with Gasteiger partial charge in [0.1, 0.15) is 12.4 Å². The van der Waals surface area contributed by atoms with E-state index in [0.717, 1.165) is 68.1 Å². The van der Waals surface area contributed by atoms with Gasteiger partial charge in [0.15, 0.2) is 0 Å². The molecule has 0 saturated carbocycles. The predicted octanol–water partition coefficient (Wildman–Crippen LogP) is 2.95. The molecular weight excluding hydrogens is 489 g/mol. The van der Waals surface area contributed by atoms with Crippen LogP contribution in [-0.2, 0) is 32.0 Å². The van der Waals surface area contributed by atoms with Crippen molar-refractivity contribution >= 4 is 40.7 Å². The quantitative estimate of drug-likeness (QED) is 0.484. The Balaban J connectivity index is 1.36. The van der Waals surface area contributed by atoms with Gasteiger partial charge in [-0.2, -0.15) is 0 Å². The summed E-state index contributed by atoms with van der Waals surface area (Å²) >= 11 is 0. The normalized spacial score (nSPS) is 18.8. The number of hydrogen-bond acceptors (Lipinski definition) is 5. The molecule has 38 heavy (non-hydrogen) atoms. The first-order valence-electron chi connectivity index (χ1n) is 13.2. The number of likely N-dealkylation sites (tertiary alicyclic amines) is 1. The number of carbonyl (C=O) groups is 3. The highest BCUT2D eigenvalue weighted by Crippen LogP contribution is 2.37. The number of hydrogen-bond donors (Lipinski definition) is 3. The molecule has 5 rings (SSSR count). The molecule has 3 N–H and O–H groups in total. The Morgan fingerprint density at radius 3 is 2.71 bits per heavy atom. The smallest absolute Gasteiger partial charge is 0.256 e. The topological polar surface area (TPSA) is 107 Å². The van der Waals surface area contributed by atoms with E-state index in [1.165, 1.54) is 32.1 Å². The van der Waals surface area contributed by atoms with Gasteiger partial charge in [-0.1, -0.05) is 0 Å². The first kappa shape index (κ1) is 26.1. The highest BCUT2D eigenvalue weighted by Gasteiger charge is 2.28. The van der Waals surface area contributed by atoms with Crippen LogP contribution < -0.4 is 10.6 Å². The molecule has 1 aromatic heterocycles. The van der Waals surface area contributed by atoms with E-state index in [1.54, 1.807) is 6.08 Å². The van der Waals surface area contributed by atoms with Crippen LogP contribution in [0, 0.1) is 12.7 Å². The second-order valence-corrected chi connectivity index (χ2v) is 10.2. The molecule has 0 unspecified atom stereocenters. The Labute approximate surface area is 221 Å². The SMILES string of the molecule is COCC(=O)Nc1cc2c(cc1F)/C(=C/c1[nH]c3c(c1C)CC(=O)N(CCN1CCCC1)CCC3)C(=O)N2. The van der Waals surface area contributed by atoms with Gasteiger partial charge >= 0.3 is 0 Å². The maximum atomic E-state index is 14.8. The van der Waals surface area contributed by atoms with Crippen molar-refractivity contribution in [3.63, 3.8) is 0 Å². The molecule has 4 heterocycles. The number of rotatable bonds is 7. The summed E-state index contributed by atoms with van der Waals surface area (Å²) in [6, 6.07) is 2.66. The van der Waals surface area contributed by atoms with Gasteiger partial charge < -0.3 is 30.2 Å². The fraction of sp³-hybridized carbons (Fsp3) is 0.464. The highest BCUT2D eigenvalue weighted by molar-refractivity contribution is 6.35. The molecule has 10 heteroatoms. The summed E-state index contributed by atoms with van der Waals surface area (Å²) in [6.45, 7) is 6.39. The van der Waals surface area contributed by atoms with Crippen LogP contribution >= 0.6 is 0 Å². The molecule has 0 radical (unpaired) electrons. The zero-order chi connectivity index (χ0) is 26.8. The van der Waals surface area contributed by atoms with Crippen molar-refractivity contribution in [2.24, 2.45) is 0 Å². The van der Waals surface area contributed by atoms with E-state index in [0.29, 0.717) is 23.2 Å². The van der Waals surface area contributed by atoms with Gasteiger partial charge in [-0.15, -0.1) is 0 Å². The third-order valence-corrected chi connectivity index (χ3v) is 7.66. The molecule has 0 atom stereocenters. The zero-order valence-corrected chi connectivity index (χ0v) is 21.9. The number of benzene rings is 1. The van der Waals surface area contributed by atoms with Crippen LogP contribution in [0.5, 0.6) is 0 Å². The molecule has 2 aromatic rings. The minimum absolute atomic E-state index is 0.0285. The molecule has 202 valence electrons. The number of aromatic nitrogens is 1. The lowest BCUT2D eigenvalue weighted by Gasteiger charge is -2.27. The molecule has 9 nitrogen and oxygen atoms in total. The minimum atomic E-state index is -0.648. The third-order valence-electron chi connectivity index (χ3n) is 7.66. The molecule has 1 aromatic carbocycles. The maximum absolute atomic E-state index is 14.8. The number of H-pyrrole nitrogens is 1. The van der Waals surface area contributed by atoms with E-state index in [1.807, 2.05) is 11.8 Å². The summed E-state index contributed by atoms with van der Waals surface area (Å²) in [5, 5.41) is 5.21. The van der Waals surface area contributed by atoms with E-state index >= 15 is 0 Å². The average Bonchev–Trinajstić information content (AvgIpc) is 3.56. The number of ether oxygens (including phenoxy) is 1. The number of amides is 3. The van der Waals surface area contributed by atoms with Crippen molar-refractivity contribution in [3.8, 4) is 0 Å². The van der Waals surface area contributed by atoms with E-state index in [4.69, 9.17) is 4.74 Å². The number of fused-ring (bicyclic) bond motifs is 2. The van der Waals surface area contributed by atoms with Gasteiger partial charge in [-0.3, -0.25) is 14.4 Å². The van der Waals surface area contributed by atoms with Crippen LogP contribution in [-0.4, -0.2) is 78.9 Å². The van der Waals surface area contributed by atoms with Crippen molar-refractivity contribution in [1.82, 2.24) is 14.8 Å². The van der Waals surface area contributed by atoms with Crippen molar-refractivity contribution in [1.29, 1.82) is 0 Å². The Bertz CT molecular complexity index is 1290. The second-order valence-electron chi connectivity index (χ2n) is 10.2. The van der Waals surface area contributed by atoms with E-state index in [9.17, 15) is 18.8 Å². The van der Waals surface area contributed by atoms with Crippen LogP contribution in [0.2, 0.25) is 0 Å². The summed E-state index contributed by atoms with van der Waals surface area (Å²) in [6.07, 6.45) is 6.19. The minimum Gasteiger partial charge on any atom is -0.375 e. The van der Waals surface area contributed by atoms with Gasteiger partial charge in [0, 0.05) is 43.7 Å². The number of carbonyl (C=O) groups excluding carboxylic acids is 3. The molecule has 0 bridgehead atoms. The fourth-order valence-corrected chi connectivity index (χ4v) is 5.57. The van der Waals surface area contributed by atoms with Gasteiger partial charge in [0.25, 0.3) is 5.91 Å². The van der Waals surface area contributed by atoms with Crippen LogP contribution in [0.25, 0.3) is 11.6 Å². The Kier molecular flexibility index (Phi) is 7.62.